The van der Waals surface area contributed by atoms with Gasteiger partial charge in [0.1, 0.15) is 5.75 Å². The zero-order chi connectivity index (χ0) is 7.40. The molecule has 0 radical (unpaired) electrons. The first-order valence-corrected chi connectivity index (χ1v) is 3.65. The summed E-state index contributed by atoms with van der Waals surface area (Å²) in [7, 11) is 1.66. The Bertz CT molecular complexity index is 175. The van der Waals surface area contributed by atoms with Crippen LogP contribution in [0.4, 0.5) is 0 Å². The van der Waals surface area contributed by atoms with E-state index in [1.54, 1.807) is 7.11 Å². The first-order valence-electron chi connectivity index (χ1n) is 3.08. The van der Waals surface area contributed by atoms with E-state index in [1.807, 2.05) is 24.3 Å². The van der Waals surface area contributed by atoms with E-state index in [9.17, 15) is 0 Å². The first kappa shape index (κ1) is 11.0. The minimum atomic E-state index is 0. The molecule has 1 nitrogen and oxygen atoms in total. The molecule has 0 unspecified atom stereocenters. The molecule has 0 spiro atoms. The van der Waals surface area contributed by atoms with Gasteiger partial charge >= 0.3 is 18.9 Å². The van der Waals surface area contributed by atoms with Crippen LogP contribution in [0.5, 0.6) is 5.75 Å². The summed E-state index contributed by atoms with van der Waals surface area (Å²) in [5.41, 5.74) is 1.16. The Hall–Kier alpha value is -0.0326. The SMILES string of the molecule is COc1ccc(C[S-])cc1.[Li+]. The van der Waals surface area contributed by atoms with Gasteiger partial charge in [-0.1, -0.05) is 17.7 Å². The van der Waals surface area contributed by atoms with Crippen molar-refractivity contribution in [3.8, 4) is 5.75 Å². The molecule has 0 heterocycles. The van der Waals surface area contributed by atoms with Gasteiger partial charge in [-0.3, -0.25) is 0 Å². The minimum absolute atomic E-state index is 0. The number of hydrogen-bond acceptors (Lipinski definition) is 2. The fourth-order valence-corrected chi connectivity index (χ4v) is 0.914. The average Bonchev–Trinajstić information content (AvgIpc) is 2.05. The molecule has 1 rings (SSSR count). The molecular formula is C8H9LiOS. The minimum Gasteiger partial charge on any atom is -0.788 e. The van der Waals surface area contributed by atoms with Gasteiger partial charge in [-0.05, 0) is 12.1 Å². The normalized spacial score (nSPS) is 8.55. The zero-order valence-electron chi connectivity index (χ0n) is 6.83. The summed E-state index contributed by atoms with van der Waals surface area (Å²) >= 11 is 4.86. The zero-order valence-corrected chi connectivity index (χ0v) is 7.65. The van der Waals surface area contributed by atoms with Gasteiger partial charge in [-0.2, -0.15) is 5.75 Å². The summed E-state index contributed by atoms with van der Waals surface area (Å²) in [6, 6.07) is 7.79. The van der Waals surface area contributed by atoms with Crippen LogP contribution in [0.15, 0.2) is 24.3 Å². The van der Waals surface area contributed by atoms with Crippen molar-refractivity contribution in [2.24, 2.45) is 0 Å². The third-order valence-corrected chi connectivity index (χ3v) is 1.66. The van der Waals surface area contributed by atoms with Crippen molar-refractivity contribution in [2.45, 2.75) is 5.75 Å². The molecule has 54 valence electrons. The van der Waals surface area contributed by atoms with E-state index in [0.29, 0.717) is 5.75 Å². The number of hydrogen-bond donors (Lipinski definition) is 0. The molecule has 0 N–H and O–H groups in total. The predicted molar refractivity (Wildman–Crippen MR) is 44.1 cm³/mol. The van der Waals surface area contributed by atoms with Gasteiger partial charge in [0.05, 0.1) is 7.11 Å². The van der Waals surface area contributed by atoms with Crippen molar-refractivity contribution in [2.75, 3.05) is 7.11 Å². The van der Waals surface area contributed by atoms with Gasteiger partial charge in [0, 0.05) is 0 Å². The summed E-state index contributed by atoms with van der Waals surface area (Å²) in [5, 5.41) is 0. The molecular weight excluding hydrogens is 151 g/mol. The molecule has 0 saturated carbocycles. The molecule has 0 aliphatic carbocycles. The number of rotatable bonds is 2. The Labute approximate surface area is 84.7 Å². The molecule has 0 saturated heterocycles. The van der Waals surface area contributed by atoms with Gasteiger partial charge in [0.15, 0.2) is 0 Å². The monoisotopic (exact) mass is 160 g/mol. The molecule has 0 atom stereocenters. The number of methoxy groups -OCH3 is 1. The van der Waals surface area contributed by atoms with Crippen LogP contribution in [0.3, 0.4) is 0 Å². The first-order chi connectivity index (χ1) is 4.86. The quantitative estimate of drug-likeness (QED) is 0.395. The van der Waals surface area contributed by atoms with Gasteiger partial charge in [-0.15, -0.1) is 0 Å². The van der Waals surface area contributed by atoms with E-state index < -0.39 is 0 Å². The van der Waals surface area contributed by atoms with Gasteiger partial charge < -0.3 is 17.4 Å². The van der Waals surface area contributed by atoms with Crippen molar-refractivity contribution in [3.63, 3.8) is 0 Å². The second-order valence-corrected chi connectivity index (χ2v) is 2.28. The standard InChI is InChI=1S/C8H10OS.Li/c1-9-8-4-2-7(6-10)3-5-8;/h2-5,10H,6H2,1H3;/q;+1/p-1. The number of ether oxygens (including phenoxy) is 1. The Kier molecular flexibility index (Phi) is 5.58. The topological polar surface area (TPSA) is 9.23 Å². The maximum Gasteiger partial charge on any atom is 1.00 e. The molecule has 1 aromatic carbocycles. The van der Waals surface area contributed by atoms with E-state index in [0.717, 1.165) is 11.3 Å². The molecule has 1 aromatic rings. The van der Waals surface area contributed by atoms with Crippen molar-refractivity contribution in [3.05, 3.63) is 29.8 Å². The second-order valence-electron chi connectivity index (χ2n) is 1.99. The van der Waals surface area contributed by atoms with Crippen LogP contribution in [-0.2, 0) is 18.4 Å². The van der Waals surface area contributed by atoms with Gasteiger partial charge in [0.25, 0.3) is 0 Å². The van der Waals surface area contributed by atoms with Crippen LogP contribution in [0.2, 0.25) is 0 Å². The molecule has 0 aliphatic heterocycles. The van der Waals surface area contributed by atoms with E-state index in [2.05, 4.69) is 0 Å². The fourth-order valence-electron chi connectivity index (χ4n) is 0.722. The summed E-state index contributed by atoms with van der Waals surface area (Å²) in [6.45, 7) is 0. The van der Waals surface area contributed by atoms with Gasteiger partial charge in [-0.25, -0.2) is 0 Å². The Morgan fingerprint density at radius 1 is 1.27 bits per heavy atom. The molecule has 3 heteroatoms. The summed E-state index contributed by atoms with van der Waals surface area (Å²) in [5.74, 6) is 1.55. The Morgan fingerprint density at radius 3 is 2.18 bits per heavy atom. The van der Waals surface area contributed by atoms with Crippen LogP contribution in [0.25, 0.3) is 0 Å². The molecule has 0 aromatic heterocycles. The largest absolute Gasteiger partial charge is 1.00 e. The molecule has 11 heavy (non-hydrogen) atoms. The van der Waals surface area contributed by atoms with Crippen molar-refractivity contribution < 1.29 is 23.6 Å². The van der Waals surface area contributed by atoms with Gasteiger partial charge in [0.2, 0.25) is 0 Å². The summed E-state index contributed by atoms with van der Waals surface area (Å²) in [4.78, 5) is 0. The van der Waals surface area contributed by atoms with E-state index in [1.165, 1.54) is 0 Å². The Morgan fingerprint density at radius 2 is 1.82 bits per heavy atom. The third-order valence-electron chi connectivity index (χ3n) is 1.33. The molecule has 0 amide bonds. The summed E-state index contributed by atoms with van der Waals surface area (Å²) in [6.07, 6.45) is 0. The second kappa shape index (κ2) is 5.60. The van der Waals surface area contributed by atoms with Crippen LogP contribution < -0.4 is 23.6 Å². The molecule has 0 aliphatic rings. The van der Waals surface area contributed by atoms with Crippen LogP contribution in [0, 0.1) is 0 Å². The summed E-state index contributed by atoms with van der Waals surface area (Å²) < 4.78 is 4.98. The predicted octanol–water partition coefficient (Wildman–Crippen LogP) is -1.25. The number of benzene rings is 1. The van der Waals surface area contributed by atoms with Crippen molar-refractivity contribution >= 4 is 12.6 Å². The molecule has 0 fully saturated rings. The van der Waals surface area contributed by atoms with Crippen LogP contribution >= 0.6 is 0 Å². The average molecular weight is 160 g/mol. The smallest absolute Gasteiger partial charge is 0.788 e. The van der Waals surface area contributed by atoms with E-state index >= 15 is 0 Å². The molecule has 0 bridgehead atoms. The van der Waals surface area contributed by atoms with E-state index in [-0.39, 0.29) is 18.9 Å². The maximum atomic E-state index is 4.98. The van der Waals surface area contributed by atoms with Crippen molar-refractivity contribution in [1.29, 1.82) is 0 Å². The Balaban J connectivity index is 0.000001000. The maximum absolute atomic E-state index is 4.98. The van der Waals surface area contributed by atoms with Crippen LogP contribution in [-0.4, -0.2) is 7.11 Å². The fraction of sp³-hybridized carbons (Fsp3) is 0.250. The van der Waals surface area contributed by atoms with Crippen LogP contribution in [0.1, 0.15) is 5.56 Å². The van der Waals surface area contributed by atoms with Crippen molar-refractivity contribution in [1.82, 2.24) is 0 Å². The third kappa shape index (κ3) is 3.24. The van der Waals surface area contributed by atoms with E-state index in [4.69, 9.17) is 17.4 Å².